The summed E-state index contributed by atoms with van der Waals surface area (Å²) in [6.07, 6.45) is 2.04. The topological polar surface area (TPSA) is 50.9 Å². The number of anilines is 1. The van der Waals surface area contributed by atoms with Crippen LogP contribution in [0.25, 0.3) is 10.9 Å². The van der Waals surface area contributed by atoms with Gasteiger partial charge in [0.2, 0.25) is 0 Å². The number of fused-ring (bicyclic) bond motifs is 1. The van der Waals surface area contributed by atoms with E-state index in [0.29, 0.717) is 6.54 Å². The molecule has 0 aliphatic heterocycles. The molecule has 2 aromatic rings. The zero-order valence-electron chi connectivity index (χ0n) is 10.4. The van der Waals surface area contributed by atoms with Crippen molar-refractivity contribution in [2.45, 2.75) is 32.2 Å². The third-order valence-electron chi connectivity index (χ3n) is 3.51. The van der Waals surface area contributed by atoms with Crippen molar-refractivity contribution in [3.05, 3.63) is 24.3 Å². The standard InChI is InChI=1S/C13H19N3S/c1-3-13(4-2,9-14)15-12-10-7-5-6-8-11(10)16-17-12/h5-8,15H,3-4,9,14H2,1-2H3. The Labute approximate surface area is 106 Å². The highest BCUT2D eigenvalue weighted by Gasteiger charge is 2.25. The van der Waals surface area contributed by atoms with Gasteiger partial charge in [-0.2, -0.15) is 4.37 Å². The van der Waals surface area contributed by atoms with Gasteiger partial charge in [0.25, 0.3) is 0 Å². The fourth-order valence-corrected chi connectivity index (χ4v) is 2.87. The van der Waals surface area contributed by atoms with Crippen LogP contribution >= 0.6 is 11.5 Å². The largest absolute Gasteiger partial charge is 0.368 e. The first-order chi connectivity index (χ1) is 8.24. The number of benzene rings is 1. The Kier molecular flexibility index (Phi) is 3.64. The van der Waals surface area contributed by atoms with E-state index in [0.717, 1.165) is 23.4 Å². The van der Waals surface area contributed by atoms with Crippen molar-refractivity contribution in [2.24, 2.45) is 5.73 Å². The van der Waals surface area contributed by atoms with E-state index in [-0.39, 0.29) is 5.54 Å². The van der Waals surface area contributed by atoms with Crippen LogP contribution < -0.4 is 11.1 Å². The van der Waals surface area contributed by atoms with E-state index in [1.54, 1.807) is 0 Å². The molecule has 1 aromatic heterocycles. The fraction of sp³-hybridized carbons (Fsp3) is 0.462. The number of nitrogens with two attached hydrogens (primary N) is 1. The molecule has 0 radical (unpaired) electrons. The van der Waals surface area contributed by atoms with E-state index >= 15 is 0 Å². The average Bonchev–Trinajstić information content (AvgIpc) is 2.79. The lowest BCUT2D eigenvalue weighted by atomic mass is 9.93. The number of nitrogens with zero attached hydrogens (tertiary/aromatic N) is 1. The Morgan fingerprint density at radius 3 is 2.65 bits per heavy atom. The van der Waals surface area contributed by atoms with Crippen molar-refractivity contribution in [3.8, 4) is 0 Å². The summed E-state index contributed by atoms with van der Waals surface area (Å²) in [6.45, 7) is 4.99. The zero-order valence-corrected chi connectivity index (χ0v) is 11.2. The molecule has 0 spiro atoms. The highest BCUT2D eigenvalue weighted by molar-refractivity contribution is 7.11. The molecule has 1 heterocycles. The first-order valence-corrected chi connectivity index (χ1v) is 6.84. The molecule has 0 saturated carbocycles. The second kappa shape index (κ2) is 5.02. The van der Waals surface area contributed by atoms with E-state index in [4.69, 9.17) is 5.73 Å². The van der Waals surface area contributed by atoms with Crippen LogP contribution in [0.5, 0.6) is 0 Å². The molecule has 2 rings (SSSR count). The van der Waals surface area contributed by atoms with Gasteiger partial charge in [0.1, 0.15) is 5.00 Å². The van der Waals surface area contributed by atoms with Gasteiger partial charge in [0, 0.05) is 17.5 Å². The summed E-state index contributed by atoms with van der Waals surface area (Å²) < 4.78 is 4.44. The van der Waals surface area contributed by atoms with Crippen molar-refractivity contribution < 1.29 is 0 Å². The van der Waals surface area contributed by atoms with Crippen LogP contribution in [-0.4, -0.2) is 16.5 Å². The lowest BCUT2D eigenvalue weighted by Gasteiger charge is -2.31. The molecule has 17 heavy (non-hydrogen) atoms. The van der Waals surface area contributed by atoms with Crippen molar-refractivity contribution in [3.63, 3.8) is 0 Å². The van der Waals surface area contributed by atoms with E-state index in [1.165, 1.54) is 16.9 Å². The smallest absolute Gasteiger partial charge is 0.117 e. The quantitative estimate of drug-likeness (QED) is 0.855. The van der Waals surface area contributed by atoms with Crippen molar-refractivity contribution in [1.29, 1.82) is 0 Å². The lowest BCUT2D eigenvalue weighted by molar-refractivity contribution is 0.447. The molecular weight excluding hydrogens is 230 g/mol. The summed E-state index contributed by atoms with van der Waals surface area (Å²) in [7, 11) is 0. The molecule has 3 N–H and O–H groups in total. The molecule has 92 valence electrons. The van der Waals surface area contributed by atoms with Crippen LogP contribution in [0, 0.1) is 0 Å². The normalized spacial score (nSPS) is 11.9. The van der Waals surface area contributed by atoms with Gasteiger partial charge < -0.3 is 11.1 Å². The van der Waals surface area contributed by atoms with E-state index in [1.807, 2.05) is 18.2 Å². The van der Waals surface area contributed by atoms with E-state index in [2.05, 4.69) is 29.6 Å². The molecule has 0 bridgehead atoms. The van der Waals surface area contributed by atoms with Gasteiger partial charge in [-0.3, -0.25) is 0 Å². The summed E-state index contributed by atoms with van der Waals surface area (Å²) in [6, 6.07) is 8.21. The Morgan fingerprint density at radius 1 is 1.29 bits per heavy atom. The van der Waals surface area contributed by atoms with Crippen molar-refractivity contribution >= 4 is 27.4 Å². The van der Waals surface area contributed by atoms with Gasteiger partial charge >= 0.3 is 0 Å². The van der Waals surface area contributed by atoms with E-state index < -0.39 is 0 Å². The maximum atomic E-state index is 5.91. The van der Waals surface area contributed by atoms with Crippen LogP contribution in [0.15, 0.2) is 24.3 Å². The minimum Gasteiger partial charge on any atom is -0.368 e. The highest BCUT2D eigenvalue weighted by atomic mass is 32.1. The molecule has 0 saturated heterocycles. The van der Waals surface area contributed by atoms with Crippen LogP contribution in [0.1, 0.15) is 26.7 Å². The maximum Gasteiger partial charge on any atom is 0.117 e. The average molecular weight is 249 g/mol. The van der Waals surface area contributed by atoms with Crippen LogP contribution in [0.4, 0.5) is 5.00 Å². The second-order valence-corrected chi connectivity index (χ2v) is 5.12. The van der Waals surface area contributed by atoms with Crippen LogP contribution in [-0.2, 0) is 0 Å². The lowest BCUT2D eigenvalue weighted by Crippen LogP contribution is -2.44. The molecule has 3 nitrogen and oxygen atoms in total. The minimum atomic E-state index is -0.00466. The van der Waals surface area contributed by atoms with E-state index in [9.17, 15) is 0 Å². The summed E-state index contributed by atoms with van der Waals surface area (Å²) in [4.78, 5) is 0. The number of nitrogens with one attached hydrogen (secondary N) is 1. The van der Waals surface area contributed by atoms with Gasteiger partial charge in [-0.05, 0) is 36.5 Å². The second-order valence-electron chi connectivity index (χ2n) is 4.35. The SMILES string of the molecule is CCC(CC)(CN)Nc1snc2ccccc12. The summed E-state index contributed by atoms with van der Waals surface area (Å²) in [5.74, 6) is 0. The summed E-state index contributed by atoms with van der Waals surface area (Å²) in [5, 5.41) is 5.92. The number of hydrogen-bond acceptors (Lipinski definition) is 4. The zero-order chi connectivity index (χ0) is 12.3. The minimum absolute atomic E-state index is 0.00466. The Morgan fingerprint density at radius 2 is 2.00 bits per heavy atom. The van der Waals surface area contributed by atoms with Gasteiger partial charge in [-0.15, -0.1) is 0 Å². The summed E-state index contributed by atoms with van der Waals surface area (Å²) in [5.41, 5.74) is 6.96. The fourth-order valence-electron chi connectivity index (χ4n) is 1.99. The highest BCUT2D eigenvalue weighted by Crippen LogP contribution is 2.31. The number of rotatable bonds is 5. The third kappa shape index (κ3) is 2.28. The molecule has 0 aliphatic carbocycles. The molecule has 0 fully saturated rings. The van der Waals surface area contributed by atoms with Gasteiger partial charge in [-0.25, -0.2) is 0 Å². The maximum absolute atomic E-state index is 5.91. The molecule has 0 amide bonds. The monoisotopic (exact) mass is 249 g/mol. The molecule has 1 aromatic carbocycles. The third-order valence-corrected chi connectivity index (χ3v) is 4.30. The van der Waals surface area contributed by atoms with Crippen LogP contribution in [0.2, 0.25) is 0 Å². The van der Waals surface area contributed by atoms with Crippen molar-refractivity contribution in [2.75, 3.05) is 11.9 Å². The molecule has 4 heteroatoms. The first-order valence-electron chi connectivity index (χ1n) is 6.07. The van der Waals surface area contributed by atoms with Crippen LogP contribution in [0.3, 0.4) is 0 Å². The van der Waals surface area contributed by atoms with Gasteiger partial charge in [0.15, 0.2) is 0 Å². The van der Waals surface area contributed by atoms with Gasteiger partial charge in [-0.1, -0.05) is 26.0 Å². The van der Waals surface area contributed by atoms with Gasteiger partial charge in [0.05, 0.1) is 5.52 Å². The molecule has 0 atom stereocenters. The first kappa shape index (κ1) is 12.3. The predicted octanol–water partition coefficient (Wildman–Crippen LogP) is 3.23. The Hall–Kier alpha value is -1.13. The number of hydrogen-bond donors (Lipinski definition) is 2. The Bertz CT molecular complexity index is 480. The molecular formula is C13H19N3S. The predicted molar refractivity (Wildman–Crippen MR) is 75.6 cm³/mol. The Balaban J connectivity index is 2.34. The molecule has 0 unspecified atom stereocenters. The molecule has 0 aliphatic rings. The van der Waals surface area contributed by atoms with Crippen molar-refractivity contribution in [1.82, 2.24) is 4.37 Å². The summed E-state index contributed by atoms with van der Waals surface area (Å²) >= 11 is 1.52. The number of aromatic nitrogens is 1.